The van der Waals surface area contributed by atoms with E-state index in [2.05, 4.69) is 113 Å². The third-order valence-corrected chi connectivity index (χ3v) is 19.7. The molecule has 0 fully saturated rings. The summed E-state index contributed by atoms with van der Waals surface area (Å²) in [5.74, 6) is -2.20. The van der Waals surface area contributed by atoms with Gasteiger partial charge in [0.1, 0.15) is 19.3 Å². The maximum Gasteiger partial charge on any atom is 0.472 e. The van der Waals surface area contributed by atoms with Crippen molar-refractivity contribution in [1.29, 1.82) is 0 Å². The third kappa shape index (κ3) is 76.4. The van der Waals surface area contributed by atoms with Gasteiger partial charge in [0, 0.05) is 25.7 Å². The van der Waals surface area contributed by atoms with Crippen LogP contribution in [0.2, 0.25) is 0 Å². The van der Waals surface area contributed by atoms with Gasteiger partial charge in [-0.25, -0.2) is 9.13 Å². The molecule has 0 heterocycles. The minimum Gasteiger partial charge on any atom is -0.462 e. The number of rotatable bonds is 79. The lowest BCUT2D eigenvalue weighted by atomic mass is 10.0. The van der Waals surface area contributed by atoms with Crippen molar-refractivity contribution in [3.8, 4) is 0 Å². The number of aliphatic hydroxyl groups is 1. The number of phosphoric ester groups is 2. The number of carbonyl (C=O) groups is 4. The molecule has 0 bridgehead atoms. The Balaban J connectivity index is 5.37. The van der Waals surface area contributed by atoms with Gasteiger partial charge < -0.3 is 33.8 Å². The predicted molar refractivity (Wildman–Crippen MR) is 427 cm³/mol. The minimum absolute atomic E-state index is 0.0789. The normalized spacial score (nSPS) is 14.3. The molecule has 0 aromatic rings. The molecule has 17 nitrogen and oxygen atoms in total. The van der Waals surface area contributed by atoms with Gasteiger partial charge in [0.05, 0.1) is 26.4 Å². The van der Waals surface area contributed by atoms with Crippen molar-refractivity contribution in [3.05, 3.63) is 85.1 Å². The lowest BCUT2D eigenvalue weighted by Crippen LogP contribution is -2.30. The van der Waals surface area contributed by atoms with Crippen LogP contribution in [0.15, 0.2) is 85.1 Å². The first-order chi connectivity index (χ1) is 50.7. The predicted octanol–water partition coefficient (Wildman–Crippen LogP) is 24.6. The zero-order chi connectivity index (χ0) is 76.0. The summed E-state index contributed by atoms with van der Waals surface area (Å²) in [4.78, 5) is 73.1. The van der Waals surface area contributed by atoms with Crippen LogP contribution in [0.3, 0.4) is 0 Å². The van der Waals surface area contributed by atoms with Crippen molar-refractivity contribution in [2.75, 3.05) is 39.6 Å². The molecule has 0 amide bonds. The van der Waals surface area contributed by atoms with Crippen LogP contribution in [0.1, 0.15) is 374 Å². The van der Waals surface area contributed by atoms with Crippen molar-refractivity contribution in [2.45, 2.75) is 393 Å². The summed E-state index contributed by atoms with van der Waals surface area (Å²) >= 11 is 0. The first kappa shape index (κ1) is 100. The number of esters is 4. The standard InChI is InChI=1S/C85H152O17P2/c1-5-9-13-17-21-25-29-33-37-38-39-40-44-46-50-54-58-62-66-70-83(88)96-76-81(102-85(90)72-68-64-60-56-52-48-43-36-32-28-24-20-16-12-8-4)78-100-104(93,94)98-74-79(86)73-97-103(91,92)99-77-80(101-84(89)71-67-63-59-55-51-47-42-35-31-27-23-19-15-11-7-3)75-95-82(87)69-65-61-57-53-49-45-41-34-30-26-22-18-14-10-6-2/h9,13,21,25,33-34,36-37,39-41,43,46,50,79-81,86H,5-8,10-12,14-20,22-24,26-32,35,38,42,44-45,47-49,51-78H2,1-4H3,(H,91,92)(H,93,94)/b13-9-,25-21-,37-33-,40-39-,41-34-,43-36-,50-46-/t79-,80+,81+/m0/s1. The largest absolute Gasteiger partial charge is 0.472 e. The monoisotopic (exact) mass is 1510 g/mol. The molecule has 0 saturated heterocycles. The Hall–Kier alpha value is -3.76. The Labute approximate surface area is 634 Å². The van der Waals surface area contributed by atoms with Gasteiger partial charge in [0.25, 0.3) is 0 Å². The SMILES string of the molecule is CC/C=C\C/C=C\C/C=C\C/C=C\C/C=C\CCCCCC(=O)OC[C@H](COP(=O)(O)OC[C@@H](O)COP(=O)(O)OC[C@@H](COC(=O)CCCCCCC/C=C\CCCCCCCC)OC(=O)CCCCCCCCCCCCCCCCC)OC(=O)CCCCCCC/C=C\CCCCCCCC. The summed E-state index contributed by atoms with van der Waals surface area (Å²) in [6.45, 7) is 4.77. The lowest BCUT2D eigenvalue weighted by Gasteiger charge is -2.21. The van der Waals surface area contributed by atoms with Crippen molar-refractivity contribution < 1.29 is 80.2 Å². The van der Waals surface area contributed by atoms with E-state index in [0.29, 0.717) is 25.7 Å². The summed E-state index contributed by atoms with van der Waals surface area (Å²) in [5.41, 5.74) is 0. The minimum atomic E-state index is -4.99. The van der Waals surface area contributed by atoms with Gasteiger partial charge in [-0.3, -0.25) is 37.3 Å². The van der Waals surface area contributed by atoms with Gasteiger partial charge in [-0.15, -0.1) is 0 Å². The van der Waals surface area contributed by atoms with Crippen LogP contribution in [-0.2, 0) is 65.4 Å². The fourth-order valence-corrected chi connectivity index (χ4v) is 13.1. The second-order valence-corrected chi connectivity index (χ2v) is 30.9. The first-order valence-electron chi connectivity index (χ1n) is 41.8. The zero-order valence-electron chi connectivity index (χ0n) is 66.2. The number of carbonyl (C=O) groups excluding carboxylic acids is 4. The van der Waals surface area contributed by atoms with E-state index < -0.39 is 97.5 Å². The number of allylic oxidation sites excluding steroid dienone is 14. The van der Waals surface area contributed by atoms with Gasteiger partial charge in [-0.1, -0.05) is 312 Å². The third-order valence-electron chi connectivity index (χ3n) is 17.8. The fraction of sp³-hybridized carbons (Fsp3) is 0.788. The molecular weight excluding hydrogens is 1350 g/mol. The molecule has 19 heteroatoms. The van der Waals surface area contributed by atoms with Crippen LogP contribution in [0.25, 0.3) is 0 Å². The highest BCUT2D eigenvalue weighted by atomic mass is 31.2. The highest BCUT2D eigenvalue weighted by Gasteiger charge is 2.30. The van der Waals surface area contributed by atoms with Crippen molar-refractivity contribution in [1.82, 2.24) is 0 Å². The molecule has 0 radical (unpaired) electrons. The molecule has 0 aliphatic heterocycles. The Bertz CT molecular complexity index is 2300. The average molecular weight is 1510 g/mol. The molecule has 0 aliphatic carbocycles. The molecule has 0 spiro atoms. The highest BCUT2D eigenvalue weighted by Crippen LogP contribution is 2.45. The number of ether oxygens (including phenoxy) is 4. The summed E-state index contributed by atoms with van der Waals surface area (Å²) < 4.78 is 68.7. The van der Waals surface area contributed by atoms with E-state index in [1.54, 1.807) is 0 Å². The van der Waals surface area contributed by atoms with E-state index in [4.69, 9.17) is 37.0 Å². The van der Waals surface area contributed by atoms with E-state index in [1.807, 2.05) is 0 Å². The second kappa shape index (κ2) is 77.4. The van der Waals surface area contributed by atoms with Crippen LogP contribution in [0, 0.1) is 0 Å². The maximum absolute atomic E-state index is 13.1. The Morgan fingerprint density at radius 3 is 0.788 bits per heavy atom. The summed E-state index contributed by atoms with van der Waals surface area (Å²) in [5, 5.41) is 10.7. The molecule has 104 heavy (non-hydrogen) atoms. The van der Waals surface area contributed by atoms with E-state index >= 15 is 0 Å². The molecule has 0 aromatic carbocycles. The molecule has 0 aliphatic rings. The smallest absolute Gasteiger partial charge is 0.462 e. The van der Waals surface area contributed by atoms with E-state index in [9.17, 15) is 43.2 Å². The molecule has 5 atom stereocenters. The molecule has 0 rings (SSSR count). The second-order valence-electron chi connectivity index (χ2n) is 28.0. The quantitative estimate of drug-likeness (QED) is 0.0169. The van der Waals surface area contributed by atoms with Crippen molar-refractivity contribution in [3.63, 3.8) is 0 Å². The summed E-state index contributed by atoms with van der Waals surface area (Å²) in [6, 6.07) is 0. The van der Waals surface area contributed by atoms with Crippen molar-refractivity contribution in [2.24, 2.45) is 0 Å². The number of aliphatic hydroxyl groups excluding tert-OH is 1. The Morgan fingerprint density at radius 2 is 0.500 bits per heavy atom. The Kier molecular flexibility index (Phi) is 74.6. The van der Waals surface area contributed by atoms with Gasteiger partial charge >= 0.3 is 39.5 Å². The molecular formula is C85H152O17P2. The molecule has 0 aromatic heterocycles. The van der Waals surface area contributed by atoms with E-state index in [1.165, 1.54) is 141 Å². The molecule has 3 N–H and O–H groups in total. The molecule has 604 valence electrons. The van der Waals surface area contributed by atoms with Gasteiger partial charge in [-0.2, -0.15) is 0 Å². The Morgan fingerprint density at radius 1 is 0.279 bits per heavy atom. The average Bonchev–Trinajstić information content (AvgIpc) is 0.918. The van der Waals surface area contributed by atoms with Crippen LogP contribution in [0.4, 0.5) is 0 Å². The summed E-state index contributed by atoms with van der Waals surface area (Å²) in [6.07, 6.45) is 81.2. The fourth-order valence-electron chi connectivity index (χ4n) is 11.5. The topological polar surface area (TPSA) is 237 Å². The summed E-state index contributed by atoms with van der Waals surface area (Å²) in [7, 11) is -9.96. The number of hydrogen-bond donors (Lipinski definition) is 3. The van der Waals surface area contributed by atoms with Gasteiger partial charge in [0.2, 0.25) is 0 Å². The van der Waals surface area contributed by atoms with Gasteiger partial charge in [0.15, 0.2) is 12.2 Å². The van der Waals surface area contributed by atoms with E-state index in [-0.39, 0.29) is 25.7 Å². The zero-order valence-corrected chi connectivity index (χ0v) is 68.0. The lowest BCUT2D eigenvalue weighted by molar-refractivity contribution is -0.161. The van der Waals surface area contributed by atoms with Crippen LogP contribution in [-0.4, -0.2) is 96.7 Å². The van der Waals surface area contributed by atoms with E-state index in [0.717, 1.165) is 154 Å². The molecule has 2 unspecified atom stereocenters. The maximum atomic E-state index is 13.1. The first-order valence-corrected chi connectivity index (χ1v) is 44.8. The molecule has 0 saturated carbocycles. The van der Waals surface area contributed by atoms with Crippen LogP contribution in [0.5, 0.6) is 0 Å². The number of phosphoric acid groups is 2. The highest BCUT2D eigenvalue weighted by molar-refractivity contribution is 7.47. The van der Waals surface area contributed by atoms with Gasteiger partial charge in [-0.05, 0) is 122 Å². The van der Waals surface area contributed by atoms with Crippen molar-refractivity contribution >= 4 is 39.5 Å². The van der Waals surface area contributed by atoms with Crippen LogP contribution < -0.4 is 0 Å². The number of hydrogen-bond acceptors (Lipinski definition) is 15. The number of unbranched alkanes of at least 4 members (excludes halogenated alkanes) is 39. The van der Waals surface area contributed by atoms with Crippen LogP contribution >= 0.6 is 15.6 Å².